The summed E-state index contributed by atoms with van der Waals surface area (Å²) in [6.07, 6.45) is 18.4. The minimum atomic E-state index is -0.185. The van der Waals surface area contributed by atoms with Gasteiger partial charge in [-0.1, -0.05) is 73.5 Å². The fourth-order valence-corrected chi connectivity index (χ4v) is 9.98. The summed E-state index contributed by atoms with van der Waals surface area (Å²) < 4.78 is 8.72. The first kappa shape index (κ1) is 25.2. The zero-order valence-electron chi connectivity index (χ0n) is 23.6. The van der Waals surface area contributed by atoms with E-state index in [0.717, 1.165) is 18.9 Å². The molecule has 3 heteroatoms. The standard InChI is InChI=1S/C32H49NO2/c1-9-21(2)18-33-19-23-11-12-26-31(7)16-13-25-29(4,5)14-10-15-30(25,6)27(31)17-28(35-22(3)34)32(26,8)24(23)20-33/h11-12,19-21,25-28H,9-10,13-18H2,1-8H3/t21?,25?,26?,27?,28?,30-,31-,32+/m0/s1. The fraction of sp³-hybridized carbons (Fsp3) is 0.781. The third-order valence-electron chi connectivity index (χ3n) is 11.8. The second-order valence-corrected chi connectivity index (χ2v) is 14.3. The van der Waals surface area contributed by atoms with Gasteiger partial charge in [0.15, 0.2) is 0 Å². The van der Waals surface area contributed by atoms with Crippen molar-refractivity contribution in [1.82, 2.24) is 4.57 Å². The smallest absolute Gasteiger partial charge is 0.302 e. The number of carbonyl (C=O) groups is 1. The van der Waals surface area contributed by atoms with Crippen LogP contribution in [0, 0.1) is 39.9 Å². The first-order chi connectivity index (χ1) is 16.4. The average molecular weight is 480 g/mol. The summed E-state index contributed by atoms with van der Waals surface area (Å²) in [4.78, 5) is 12.5. The molecule has 0 amide bonds. The molecule has 5 unspecified atom stereocenters. The Labute approximate surface area is 214 Å². The lowest BCUT2D eigenvalue weighted by molar-refractivity contribution is -0.205. The third-order valence-corrected chi connectivity index (χ3v) is 11.8. The number of allylic oxidation sites excluding steroid dienone is 1. The van der Waals surface area contributed by atoms with Crippen LogP contribution in [0.5, 0.6) is 0 Å². The van der Waals surface area contributed by atoms with Crippen LogP contribution in [0.15, 0.2) is 18.5 Å². The molecule has 0 saturated heterocycles. The molecule has 3 saturated carbocycles. The van der Waals surface area contributed by atoms with E-state index in [-0.39, 0.29) is 22.9 Å². The predicted octanol–water partition coefficient (Wildman–Crippen LogP) is 8.02. The Morgan fingerprint density at radius 1 is 1.09 bits per heavy atom. The van der Waals surface area contributed by atoms with Crippen molar-refractivity contribution in [2.75, 3.05) is 0 Å². The van der Waals surface area contributed by atoms with Gasteiger partial charge in [-0.2, -0.15) is 0 Å². The molecular formula is C32H49NO2. The van der Waals surface area contributed by atoms with Gasteiger partial charge in [0, 0.05) is 31.3 Å². The van der Waals surface area contributed by atoms with Gasteiger partial charge in [0.05, 0.1) is 0 Å². The second kappa shape index (κ2) is 8.25. The number of ether oxygens (including phenoxy) is 1. The van der Waals surface area contributed by atoms with Crippen LogP contribution in [0.2, 0.25) is 0 Å². The van der Waals surface area contributed by atoms with Gasteiger partial charge in [0.2, 0.25) is 0 Å². The molecule has 0 spiro atoms. The highest BCUT2D eigenvalue weighted by Gasteiger charge is 2.67. The van der Waals surface area contributed by atoms with Crippen molar-refractivity contribution < 1.29 is 9.53 Å². The van der Waals surface area contributed by atoms with Crippen molar-refractivity contribution in [2.45, 2.75) is 118 Å². The summed E-state index contributed by atoms with van der Waals surface area (Å²) >= 11 is 0. The number of nitrogens with zero attached hydrogens (tertiary/aromatic N) is 1. The first-order valence-electron chi connectivity index (χ1n) is 14.4. The number of hydrogen-bond donors (Lipinski definition) is 0. The lowest BCUT2D eigenvalue weighted by atomic mass is 9.36. The molecule has 5 rings (SSSR count). The Balaban J connectivity index is 1.61. The number of fused-ring (bicyclic) bond motifs is 7. The SMILES string of the molecule is CCC(C)Cn1cc2c(c1)[C@@]1(C)C(OC(C)=O)CC3[C@@]4(C)CCCC(C)(C)C4CC[C@@]3(C)C1C=C2. The Morgan fingerprint density at radius 3 is 2.51 bits per heavy atom. The van der Waals surface area contributed by atoms with Gasteiger partial charge in [-0.25, -0.2) is 0 Å². The molecule has 3 fully saturated rings. The Hall–Kier alpha value is -1.51. The van der Waals surface area contributed by atoms with Gasteiger partial charge >= 0.3 is 5.97 Å². The molecule has 1 aromatic rings. The molecular weight excluding hydrogens is 430 g/mol. The van der Waals surface area contributed by atoms with E-state index in [1.165, 1.54) is 49.7 Å². The van der Waals surface area contributed by atoms with Crippen molar-refractivity contribution in [3.63, 3.8) is 0 Å². The van der Waals surface area contributed by atoms with Crippen molar-refractivity contribution in [2.24, 2.45) is 39.9 Å². The van der Waals surface area contributed by atoms with E-state index in [0.29, 0.717) is 28.6 Å². The summed E-state index contributed by atoms with van der Waals surface area (Å²) in [6.45, 7) is 19.9. The van der Waals surface area contributed by atoms with E-state index < -0.39 is 0 Å². The fourth-order valence-electron chi connectivity index (χ4n) is 9.98. The monoisotopic (exact) mass is 479 g/mol. The maximum Gasteiger partial charge on any atom is 0.302 e. The molecule has 8 atom stereocenters. The predicted molar refractivity (Wildman–Crippen MR) is 144 cm³/mol. The van der Waals surface area contributed by atoms with E-state index in [4.69, 9.17) is 4.74 Å². The first-order valence-corrected chi connectivity index (χ1v) is 14.4. The van der Waals surface area contributed by atoms with Crippen LogP contribution >= 0.6 is 0 Å². The average Bonchev–Trinajstić information content (AvgIpc) is 3.18. The van der Waals surface area contributed by atoms with Crippen LogP contribution in [0.25, 0.3) is 6.08 Å². The molecule has 4 aliphatic carbocycles. The van der Waals surface area contributed by atoms with Gasteiger partial charge in [-0.15, -0.1) is 0 Å². The topological polar surface area (TPSA) is 31.2 Å². The molecule has 0 bridgehead atoms. The van der Waals surface area contributed by atoms with Crippen LogP contribution < -0.4 is 0 Å². The van der Waals surface area contributed by atoms with Crippen LogP contribution in [0.3, 0.4) is 0 Å². The minimum absolute atomic E-state index is 0.0770. The van der Waals surface area contributed by atoms with E-state index >= 15 is 0 Å². The van der Waals surface area contributed by atoms with E-state index in [2.05, 4.69) is 77.6 Å². The van der Waals surface area contributed by atoms with Gasteiger partial charge < -0.3 is 9.30 Å². The highest BCUT2D eigenvalue weighted by atomic mass is 16.5. The molecule has 194 valence electrons. The van der Waals surface area contributed by atoms with E-state index in [1.54, 1.807) is 6.92 Å². The largest absolute Gasteiger partial charge is 0.462 e. The highest BCUT2D eigenvalue weighted by Crippen LogP contribution is 2.72. The van der Waals surface area contributed by atoms with Gasteiger partial charge in [0.1, 0.15) is 6.10 Å². The molecule has 4 aliphatic rings. The maximum atomic E-state index is 12.5. The Kier molecular flexibility index (Phi) is 5.93. The summed E-state index contributed by atoms with van der Waals surface area (Å²) in [6, 6.07) is 0. The lowest BCUT2D eigenvalue weighted by Gasteiger charge is -2.69. The van der Waals surface area contributed by atoms with E-state index in [1.807, 2.05) is 0 Å². The van der Waals surface area contributed by atoms with Crippen molar-refractivity contribution in [1.29, 1.82) is 0 Å². The lowest BCUT2D eigenvalue weighted by Crippen LogP contribution is -2.66. The summed E-state index contributed by atoms with van der Waals surface area (Å²) in [5.41, 5.74) is 3.46. The van der Waals surface area contributed by atoms with Crippen molar-refractivity contribution in [3.05, 3.63) is 29.6 Å². The van der Waals surface area contributed by atoms with Crippen LogP contribution in [-0.4, -0.2) is 16.6 Å². The quantitative estimate of drug-likeness (QED) is 0.409. The minimum Gasteiger partial charge on any atom is -0.462 e. The maximum absolute atomic E-state index is 12.5. The third kappa shape index (κ3) is 3.61. The second-order valence-electron chi connectivity index (χ2n) is 14.3. The number of esters is 1. The number of rotatable bonds is 4. The molecule has 0 radical (unpaired) electrons. The summed E-state index contributed by atoms with van der Waals surface area (Å²) in [5, 5.41) is 0. The Morgan fingerprint density at radius 2 is 1.83 bits per heavy atom. The molecule has 1 aromatic heterocycles. The van der Waals surface area contributed by atoms with Crippen LogP contribution in [0.1, 0.15) is 111 Å². The molecule has 0 aliphatic heterocycles. The van der Waals surface area contributed by atoms with Gasteiger partial charge in [-0.3, -0.25) is 4.79 Å². The molecule has 0 aromatic carbocycles. The van der Waals surface area contributed by atoms with Gasteiger partial charge in [-0.05, 0) is 83.1 Å². The van der Waals surface area contributed by atoms with Crippen molar-refractivity contribution in [3.8, 4) is 0 Å². The number of hydrogen-bond acceptors (Lipinski definition) is 2. The molecule has 0 N–H and O–H groups in total. The zero-order valence-corrected chi connectivity index (χ0v) is 23.6. The van der Waals surface area contributed by atoms with Crippen LogP contribution in [0.4, 0.5) is 0 Å². The molecule has 1 heterocycles. The number of aromatic nitrogens is 1. The molecule has 35 heavy (non-hydrogen) atoms. The number of carbonyl (C=O) groups excluding carboxylic acids is 1. The van der Waals surface area contributed by atoms with Crippen molar-refractivity contribution >= 4 is 12.0 Å². The zero-order chi connectivity index (χ0) is 25.4. The van der Waals surface area contributed by atoms with Crippen LogP contribution in [-0.2, 0) is 21.5 Å². The molecule has 3 nitrogen and oxygen atoms in total. The normalized spacial score (nSPS) is 42.3. The van der Waals surface area contributed by atoms with E-state index in [9.17, 15) is 4.79 Å². The summed E-state index contributed by atoms with van der Waals surface area (Å²) in [5.74, 6) is 2.23. The van der Waals surface area contributed by atoms with Gasteiger partial charge in [0.25, 0.3) is 0 Å². The highest BCUT2D eigenvalue weighted by molar-refractivity contribution is 5.67. The Bertz CT molecular complexity index is 1020. The summed E-state index contributed by atoms with van der Waals surface area (Å²) in [7, 11) is 0.